The molecule has 3 nitrogen and oxygen atoms in total. The number of aromatic nitrogens is 1. The van der Waals surface area contributed by atoms with Crippen LogP contribution in [-0.4, -0.2) is 10.7 Å². The molecule has 6 heteroatoms. The molecule has 104 valence electrons. The zero-order chi connectivity index (χ0) is 14.7. The average molecular weight is 329 g/mol. The second-order valence-corrected chi connectivity index (χ2v) is 5.44. The quantitative estimate of drug-likeness (QED) is 0.478. The Bertz CT molecular complexity index is 651. The van der Waals surface area contributed by atoms with Crippen molar-refractivity contribution in [3.05, 3.63) is 56.7 Å². The molecule has 0 bridgehead atoms. The van der Waals surface area contributed by atoms with Crippen molar-refractivity contribution in [2.24, 2.45) is 5.10 Å². The van der Waals surface area contributed by atoms with Gasteiger partial charge in [-0.15, -0.1) is 0 Å². The van der Waals surface area contributed by atoms with E-state index in [9.17, 15) is 0 Å². The van der Waals surface area contributed by atoms with E-state index in [0.29, 0.717) is 15.9 Å². The molecule has 0 radical (unpaired) electrons. The first-order valence-electron chi connectivity index (χ1n) is 5.86. The minimum Gasteiger partial charge on any atom is -0.260 e. The number of hydrazone groups is 1. The van der Waals surface area contributed by atoms with Gasteiger partial charge in [-0.25, -0.2) is 4.98 Å². The monoisotopic (exact) mass is 327 g/mol. The minimum absolute atomic E-state index is 0.182. The van der Waals surface area contributed by atoms with Crippen LogP contribution < -0.4 is 5.43 Å². The van der Waals surface area contributed by atoms with Crippen LogP contribution in [-0.2, 0) is 0 Å². The van der Waals surface area contributed by atoms with E-state index in [4.69, 9.17) is 34.8 Å². The van der Waals surface area contributed by atoms with Gasteiger partial charge in [0, 0.05) is 0 Å². The van der Waals surface area contributed by atoms with Gasteiger partial charge in [-0.3, -0.25) is 5.43 Å². The van der Waals surface area contributed by atoms with Crippen molar-refractivity contribution >= 4 is 46.3 Å². The van der Waals surface area contributed by atoms with Gasteiger partial charge >= 0.3 is 0 Å². The number of rotatable bonds is 3. The fourth-order valence-electron chi connectivity index (χ4n) is 1.52. The lowest BCUT2D eigenvalue weighted by Gasteiger charge is -2.06. The number of halogens is 3. The summed E-state index contributed by atoms with van der Waals surface area (Å²) in [6, 6.07) is 9.58. The number of nitrogens with one attached hydrogen (secondary N) is 1. The standard InChI is InChI=1S/C14H12Cl3N3/c1-8-3-5-10(6-4-8)9(2)19-20-14-12(16)7-11(15)13(17)18-14/h3-7H,1-2H3,(H,18,20). The lowest BCUT2D eigenvalue weighted by molar-refractivity contribution is 1.22. The molecule has 0 amide bonds. The van der Waals surface area contributed by atoms with E-state index in [2.05, 4.69) is 15.5 Å². The van der Waals surface area contributed by atoms with E-state index in [0.717, 1.165) is 11.3 Å². The maximum atomic E-state index is 6.01. The van der Waals surface area contributed by atoms with Gasteiger partial charge in [0.25, 0.3) is 0 Å². The zero-order valence-corrected chi connectivity index (χ0v) is 13.2. The van der Waals surface area contributed by atoms with E-state index in [1.54, 1.807) is 0 Å². The van der Waals surface area contributed by atoms with Crippen molar-refractivity contribution in [1.29, 1.82) is 0 Å². The Morgan fingerprint density at radius 1 is 1.10 bits per heavy atom. The summed E-state index contributed by atoms with van der Waals surface area (Å²) in [5.74, 6) is 0.368. The van der Waals surface area contributed by atoms with E-state index >= 15 is 0 Å². The molecular formula is C14H12Cl3N3. The summed E-state index contributed by atoms with van der Waals surface area (Å²) >= 11 is 17.7. The molecule has 2 aromatic rings. The molecule has 0 fully saturated rings. The molecule has 0 saturated carbocycles. The highest BCUT2D eigenvalue weighted by Gasteiger charge is 2.07. The van der Waals surface area contributed by atoms with Crippen molar-refractivity contribution in [2.45, 2.75) is 13.8 Å². The molecular weight excluding hydrogens is 317 g/mol. The highest BCUT2D eigenvalue weighted by atomic mass is 35.5. The molecule has 2 rings (SSSR count). The zero-order valence-electron chi connectivity index (χ0n) is 10.9. The lowest BCUT2D eigenvalue weighted by Crippen LogP contribution is -2.01. The predicted molar refractivity (Wildman–Crippen MR) is 86.3 cm³/mol. The van der Waals surface area contributed by atoms with E-state index in [1.165, 1.54) is 11.6 Å². The summed E-state index contributed by atoms with van der Waals surface area (Å²) in [5, 5.41) is 5.09. The molecule has 1 heterocycles. The SMILES string of the molecule is CC(=NNc1nc(Cl)c(Cl)cc1Cl)c1ccc(C)cc1. The number of nitrogens with zero attached hydrogens (tertiary/aromatic N) is 2. The van der Waals surface area contributed by atoms with Crippen LogP contribution >= 0.6 is 34.8 Å². The molecule has 1 aromatic heterocycles. The lowest BCUT2D eigenvalue weighted by atomic mass is 10.1. The number of hydrogen-bond donors (Lipinski definition) is 1. The van der Waals surface area contributed by atoms with Crippen LogP contribution in [0, 0.1) is 6.92 Å². The highest BCUT2D eigenvalue weighted by Crippen LogP contribution is 2.28. The highest BCUT2D eigenvalue weighted by molar-refractivity contribution is 6.42. The second-order valence-electron chi connectivity index (χ2n) is 4.27. The van der Waals surface area contributed by atoms with Crippen molar-refractivity contribution in [2.75, 3.05) is 5.43 Å². The summed E-state index contributed by atoms with van der Waals surface area (Å²) < 4.78 is 0. The van der Waals surface area contributed by atoms with Crippen LogP contribution in [0.5, 0.6) is 0 Å². The molecule has 0 atom stereocenters. The van der Waals surface area contributed by atoms with Gasteiger partial charge in [-0.1, -0.05) is 64.6 Å². The van der Waals surface area contributed by atoms with Crippen LogP contribution in [0.4, 0.5) is 5.82 Å². The van der Waals surface area contributed by atoms with Crippen LogP contribution in [0.15, 0.2) is 35.4 Å². The second kappa shape index (κ2) is 6.44. The fourth-order valence-corrected chi connectivity index (χ4v) is 2.06. The molecule has 0 aliphatic carbocycles. The number of hydrogen-bond acceptors (Lipinski definition) is 3. The maximum absolute atomic E-state index is 6.01. The Kier molecular flexibility index (Phi) is 4.86. The maximum Gasteiger partial charge on any atom is 0.166 e. The van der Waals surface area contributed by atoms with Crippen LogP contribution in [0.3, 0.4) is 0 Å². The number of pyridine rings is 1. The Hall–Kier alpha value is -1.29. The Morgan fingerprint density at radius 2 is 1.75 bits per heavy atom. The molecule has 0 unspecified atom stereocenters. The number of aryl methyl sites for hydroxylation is 1. The van der Waals surface area contributed by atoms with Gasteiger partial charge in [0.1, 0.15) is 5.15 Å². The third kappa shape index (κ3) is 3.63. The van der Waals surface area contributed by atoms with Crippen molar-refractivity contribution in [3.8, 4) is 0 Å². The molecule has 0 spiro atoms. The van der Waals surface area contributed by atoms with E-state index in [1.807, 2.05) is 38.1 Å². The molecule has 0 aliphatic rings. The van der Waals surface area contributed by atoms with Crippen LogP contribution in [0.1, 0.15) is 18.1 Å². The summed E-state index contributed by atoms with van der Waals surface area (Å²) in [4.78, 5) is 4.04. The largest absolute Gasteiger partial charge is 0.260 e. The molecule has 1 N–H and O–H groups in total. The van der Waals surface area contributed by atoms with Crippen LogP contribution in [0.2, 0.25) is 15.2 Å². The summed E-state index contributed by atoms with van der Waals surface area (Å²) in [5.41, 5.74) is 5.82. The van der Waals surface area contributed by atoms with Gasteiger partial charge in [0.2, 0.25) is 0 Å². The van der Waals surface area contributed by atoms with Gasteiger partial charge in [0.05, 0.1) is 15.8 Å². The summed E-state index contributed by atoms with van der Waals surface area (Å²) in [7, 11) is 0. The number of anilines is 1. The topological polar surface area (TPSA) is 37.3 Å². The summed E-state index contributed by atoms with van der Waals surface area (Å²) in [6.45, 7) is 3.93. The van der Waals surface area contributed by atoms with Gasteiger partial charge in [-0.2, -0.15) is 5.10 Å². The first-order valence-corrected chi connectivity index (χ1v) is 6.99. The van der Waals surface area contributed by atoms with Gasteiger partial charge in [0.15, 0.2) is 5.82 Å². The predicted octanol–water partition coefficient (Wildman–Crippen LogP) is 5.19. The molecule has 20 heavy (non-hydrogen) atoms. The Morgan fingerprint density at radius 3 is 2.40 bits per heavy atom. The van der Waals surface area contributed by atoms with E-state index < -0.39 is 0 Å². The van der Waals surface area contributed by atoms with Crippen molar-refractivity contribution in [3.63, 3.8) is 0 Å². The van der Waals surface area contributed by atoms with Gasteiger partial charge in [-0.05, 0) is 25.5 Å². The van der Waals surface area contributed by atoms with Crippen molar-refractivity contribution < 1.29 is 0 Å². The molecule has 0 saturated heterocycles. The summed E-state index contributed by atoms with van der Waals surface area (Å²) in [6.07, 6.45) is 0. The minimum atomic E-state index is 0.182. The van der Waals surface area contributed by atoms with Crippen molar-refractivity contribution in [1.82, 2.24) is 4.98 Å². The normalized spacial score (nSPS) is 11.6. The number of benzene rings is 1. The Balaban J connectivity index is 2.20. The molecule has 1 aromatic carbocycles. The Labute approximate surface area is 132 Å². The van der Waals surface area contributed by atoms with E-state index in [-0.39, 0.29) is 5.15 Å². The van der Waals surface area contributed by atoms with Crippen LogP contribution in [0.25, 0.3) is 0 Å². The van der Waals surface area contributed by atoms with Gasteiger partial charge < -0.3 is 0 Å². The smallest absolute Gasteiger partial charge is 0.166 e. The third-order valence-electron chi connectivity index (χ3n) is 2.69. The first-order chi connectivity index (χ1) is 9.47. The fraction of sp³-hybridized carbons (Fsp3) is 0.143. The third-order valence-corrected chi connectivity index (χ3v) is 3.65. The molecule has 0 aliphatic heterocycles. The first kappa shape index (κ1) is 15.1. The average Bonchev–Trinajstić information content (AvgIpc) is 2.42.